The number of anilines is 1. The zero-order valence-electron chi connectivity index (χ0n) is 19.4. The Morgan fingerprint density at radius 3 is 2.45 bits per heavy atom. The van der Waals surface area contributed by atoms with Crippen molar-refractivity contribution in [3.63, 3.8) is 0 Å². The number of carbonyl (C=O) groups is 2. The van der Waals surface area contributed by atoms with Gasteiger partial charge >= 0.3 is 6.09 Å². The normalized spacial score (nSPS) is 14.8. The molecule has 0 unspecified atom stereocenters. The van der Waals surface area contributed by atoms with Crippen LogP contribution in [0.4, 0.5) is 9.93 Å². The fourth-order valence-electron chi connectivity index (χ4n) is 3.93. The first-order chi connectivity index (χ1) is 15.7. The van der Waals surface area contributed by atoms with Crippen molar-refractivity contribution >= 4 is 28.5 Å². The molecule has 3 aromatic rings. The van der Waals surface area contributed by atoms with Gasteiger partial charge < -0.3 is 9.64 Å². The van der Waals surface area contributed by atoms with Gasteiger partial charge in [-0.3, -0.25) is 10.1 Å². The molecule has 8 nitrogen and oxygen atoms in total. The quantitative estimate of drug-likeness (QED) is 0.583. The lowest BCUT2D eigenvalue weighted by Gasteiger charge is -2.34. The van der Waals surface area contributed by atoms with Crippen LogP contribution in [0, 0.1) is 6.92 Å². The number of amides is 2. The van der Waals surface area contributed by atoms with Gasteiger partial charge in [0.15, 0.2) is 5.13 Å². The minimum Gasteiger partial charge on any atom is -0.444 e. The Labute approximate surface area is 197 Å². The molecule has 0 radical (unpaired) electrons. The molecule has 174 valence electrons. The van der Waals surface area contributed by atoms with Crippen molar-refractivity contribution in [3.8, 4) is 5.69 Å². The van der Waals surface area contributed by atoms with Crippen LogP contribution in [0.2, 0.25) is 0 Å². The molecule has 0 saturated carbocycles. The number of benzene rings is 1. The number of piperidine rings is 1. The van der Waals surface area contributed by atoms with Crippen LogP contribution in [0.3, 0.4) is 0 Å². The summed E-state index contributed by atoms with van der Waals surface area (Å²) in [5, 5.41) is 9.82. The third-order valence-electron chi connectivity index (χ3n) is 5.52. The van der Waals surface area contributed by atoms with Crippen LogP contribution in [-0.2, 0) is 4.74 Å². The molecule has 1 fully saturated rings. The van der Waals surface area contributed by atoms with Crippen molar-refractivity contribution in [1.82, 2.24) is 19.7 Å². The first-order valence-electron chi connectivity index (χ1n) is 11.0. The van der Waals surface area contributed by atoms with E-state index in [1.807, 2.05) is 62.0 Å². The minimum atomic E-state index is -0.529. The van der Waals surface area contributed by atoms with Gasteiger partial charge in [0, 0.05) is 30.6 Å². The van der Waals surface area contributed by atoms with Crippen LogP contribution in [0.1, 0.15) is 61.1 Å². The molecule has 0 atom stereocenters. The number of thiazole rings is 1. The highest BCUT2D eigenvalue weighted by molar-refractivity contribution is 7.13. The van der Waals surface area contributed by atoms with Gasteiger partial charge in [-0.1, -0.05) is 17.7 Å². The zero-order chi connectivity index (χ0) is 23.6. The van der Waals surface area contributed by atoms with Crippen molar-refractivity contribution in [2.75, 3.05) is 18.4 Å². The summed E-state index contributed by atoms with van der Waals surface area (Å²) in [5.41, 5.74) is 2.91. The Morgan fingerprint density at radius 1 is 1.15 bits per heavy atom. The molecule has 9 heteroatoms. The smallest absolute Gasteiger partial charge is 0.410 e. The van der Waals surface area contributed by atoms with Crippen LogP contribution in [-0.4, -0.2) is 50.4 Å². The summed E-state index contributed by atoms with van der Waals surface area (Å²) in [4.78, 5) is 31.5. The van der Waals surface area contributed by atoms with E-state index in [0.29, 0.717) is 36.6 Å². The van der Waals surface area contributed by atoms with Crippen molar-refractivity contribution in [2.24, 2.45) is 0 Å². The molecule has 0 aliphatic carbocycles. The first kappa shape index (κ1) is 23.0. The number of hydrogen-bond donors (Lipinski definition) is 1. The van der Waals surface area contributed by atoms with Gasteiger partial charge in [0.25, 0.3) is 5.91 Å². The number of ether oxygens (including phenoxy) is 1. The first-order valence-corrected chi connectivity index (χ1v) is 11.9. The van der Waals surface area contributed by atoms with Crippen LogP contribution in [0.15, 0.2) is 42.0 Å². The van der Waals surface area contributed by atoms with E-state index in [1.165, 1.54) is 11.3 Å². The molecular weight excluding hydrogens is 438 g/mol. The van der Waals surface area contributed by atoms with Gasteiger partial charge in [-0.15, -0.1) is 11.3 Å². The Morgan fingerprint density at radius 2 is 1.85 bits per heavy atom. The van der Waals surface area contributed by atoms with E-state index < -0.39 is 5.60 Å². The van der Waals surface area contributed by atoms with Gasteiger partial charge in [0.1, 0.15) is 5.60 Å². The van der Waals surface area contributed by atoms with Crippen molar-refractivity contribution in [1.29, 1.82) is 0 Å². The Kier molecular flexibility index (Phi) is 6.51. The van der Waals surface area contributed by atoms with Crippen LogP contribution >= 0.6 is 11.3 Å². The maximum atomic E-state index is 13.1. The molecule has 1 aliphatic rings. The Bertz CT molecular complexity index is 1110. The number of nitrogens with one attached hydrogen (secondary N) is 1. The largest absolute Gasteiger partial charge is 0.444 e. The van der Waals surface area contributed by atoms with Crippen molar-refractivity contribution < 1.29 is 14.3 Å². The molecular formula is C24H29N5O3S. The number of rotatable bonds is 4. The van der Waals surface area contributed by atoms with Gasteiger partial charge in [0.2, 0.25) is 0 Å². The predicted octanol–water partition coefficient (Wildman–Crippen LogP) is 5.00. The Hall–Kier alpha value is -3.20. The van der Waals surface area contributed by atoms with E-state index in [0.717, 1.165) is 16.9 Å². The monoisotopic (exact) mass is 467 g/mol. The Balaban J connectivity index is 1.60. The average Bonchev–Trinajstić information content (AvgIpc) is 3.43. The molecule has 0 bridgehead atoms. The highest BCUT2D eigenvalue weighted by Gasteiger charge is 2.32. The molecule has 3 heterocycles. The average molecular weight is 468 g/mol. The van der Waals surface area contributed by atoms with E-state index in [-0.39, 0.29) is 17.9 Å². The second-order valence-corrected chi connectivity index (χ2v) is 10.1. The van der Waals surface area contributed by atoms with E-state index in [4.69, 9.17) is 4.74 Å². The molecule has 1 saturated heterocycles. The SMILES string of the molecule is Cc1ccc(-n2ncc(C(=O)Nc3nccs3)c2C2CCN(C(=O)OC(C)(C)C)CC2)cc1. The topological polar surface area (TPSA) is 89.4 Å². The molecule has 1 N–H and O–H groups in total. The number of carbonyl (C=O) groups excluding carboxylic acids is 2. The van der Waals surface area contributed by atoms with Gasteiger partial charge in [0.05, 0.1) is 23.1 Å². The number of aromatic nitrogens is 3. The number of nitrogens with zero attached hydrogens (tertiary/aromatic N) is 4. The summed E-state index contributed by atoms with van der Waals surface area (Å²) in [6.45, 7) is 8.76. The summed E-state index contributed by atoms with van der Waals surface area (Å²) < 4.78 is 7.38. The maximum absolute atomic E-state index is 13.1. The molecule has 1 aromatic carbocycles. The number of aryl methyl sites for hydroxylation is 1. The van der Waals surface area contributed by atoms with E-state index in [9.17, 15) is 9.59 Å². The highest BCUT2D eigenvalue weighted by atomic mass is 32.1. The summed E-state index contributed by atoms with van der Waals surface area (Å²) in [5.74, 6) is -0.155. The predicted molar refractivity (Wildman–Crippen MR) is 128 cm³/mol. The second kappa shape index (κ2) is 9.35. The molecule has 4 rings (SSSR count). The van der Waals surface area contributed by atoms with Crippen LogP contribution < -0.4 is 5.32 Å². The third-order valence-corrected chi connectivity index (χ3v) is 6.20. The summed E-state index contributed by atoms with van der Waals surface area (Å²) in [6, 6.07) is 8.07. The van der Waals surface area contributed by atoms with Crippen molar-refractivity contribution in [3.05, 3.63) is 58.9 Å². The summed E-state index contributed by atoms with van der Waals surface area (Å²) in [6.07, 6.45) is 4.42. The van der Waals surface area contributed by atoms with E-state index >= 15 is 0 Å². The second-order valence-electron chi connectivity index (χ2n) is 9.22. The van der Waals surface area contributed by atoms with Gasteiger partial charge in [-0.05, 0) is 52.7 Å². The molecule has 1 aliphatic heterocycles. The van der Waals surface area contributed by atoms with Crippen LogP contribution in [0.5, 0.6) is 0 Å². The number of likely N-dealkylation sites (tertiary alicyclic amines) is 1. The lowest BCUT2D eigenvalue weighted by Crippen LogP contribution is -2.41. The molecule has 33 heavy (non-hydrogen) atoms. The lowest BCUT2D eigenvalue weighted by atomic mass is 9.91. The van der Waals surface area contributed by atoms with Crippen molar-refractivity contribution in [2.45, 2.75) is 52.1 Å². The van der Waals surface area contributed by atoms with E-state index in [1.54, 1.807) is 17.3 Å². The summed E-state index contributed by atoms with van der Waals surface area (Å²) in [7, 11) is 0. The minimum absolute atomic E-state index is 0.0736. The van der Waals surface area contributed by atoms with Gasteiger partial charge in [-0.25, -0.2) is 14.5 Å². The van der Waals surface area contributed by atoms with Crippen LogP contribution in [0.25, 0.3) is 5.69 Å². The van der Waals surface area contributed by atoms with E-state index in [2.05, 4.69) is 15.4 Å². The third kappa shape index (κ3) is 5.42. The zero-order valence-corrected chi connectivity index (χ0v) is 20.2. The fraction of sp³-hybridized carbons (Fsp3) is 0.417. The maximum Gasteiger partial charge on any atom is 0.410 e. The molecule has 2 amide bonds. The summed E-state index contributed by atoms with van der Waals surface area (Å²) >= 11 is 1.37. The highest BCUT2D eigenvalue weighted by Crippen LogP contribution is 2.33. The number of hydrogen-bond acceptors (Lipinski definition) is 6. The van der Waals surface area contributed by atoms with Gasteiger partial charge in [-0.2, -0.15) is 5.10 Å². The molecule has 0 spiro atoms. The molecule has 2 aromatic heterocycles. The lowest BCUT2D eigenvalue weighted by molar-refractivity contribution is 0.0203. The fourth-order valence-corrected chi connectivity index (χ4v) is 4.45. The standard InChI is InChI=1S/C24H29N5O3S/c1-16-5-7-18(8-6-16)29-20(19(15-26-29)21(30)27-22-25-11-14-33-22)17-9-12-28(13-10-17)23(31)32-24(2,3)4/h5-8,11,14-15,17H,9-10,12-13H2,1-4H3,(H,25,27,30).